The molecule has 0 radical (unpaired) electrons. The fourth-order valence-electron chi connectivity index (χ4n) is 4.36. The molecule has 10 heteroatoms. The summed E-state index contributed by atoms with van der Waals surface area (Å²) in [6.07, 6.45) is 4.28. The highest BCUT2D eigenvalue weighted by Gasteiger charge is 2.23. The van der Waals surface area contributed by atoms with Crippen molar-refractivity contribution < 1.29 is 0 Å². The molecule has 0 unspecified atom stereocenters. The first kappa shape index (κ1) is 23.6. The van der Waals surface area contributed by atoms with Crippen LogP contribution in [0.25, 0.3) is 22.1 Å². The van der Waals surface area contributed by atoms with E-state index in [2.05, 4.69) is 19.9 Å². The topological polar surface area (TPSA) is 58.5 Å². The molecule has 5 rings (SSSR count). The summed E-state index contributed by atoms with van der Waals surface area (Å²) in [6, 6.07) is 7.45. The number of fused-ring (bicyclic) bond motifs is 2. The minimum absolute atomic E-state index is 0.458. The van der Waals surface area contributed by atoms with E-state index in [4.69, 9.17) is 51.4 Å². The summed E-state index contributed by atoms with van der Waals surface area (Å²) >= 11 is 26.5. The summed E-state index contributed by atoms with van der Waals surface area (Å²) < 4.78 is 2.35. The normalized spacial score (nSPS) is 15.2. The van der Waals surface area contributed by atoms with Crippen LogP contribution in [-0.2, 0) is 6.54 Å². The highest BCUT2D eigenvalue weighted by molar-refractivity contribution is 7.99. The fourth-order valence-corrected chi connectivity index (χ4v) is 5.88. The molecule has 33 heavy (non-hydrogen) atoms. The molecular formula is C23H23Cl4N5S. The summed E-state index contributed by atoms with van der Waals surface area (Å²) in [4.78, 5) is 12.9. The van der Waals surface area contributed by atoms with Gasteiger partial charge < -0.3 is 14.9 Å². The molecule has 0 amide bonds. The maximum absolute atomic E-state index is 6.35. The van der Waals surface area contributed by atoms with Crippen molar-refractivity contribution >= 4 is 80.2 Å². The van der Waals surface area contributed by atoms with Crippen molar-refractivity contribution in [3.05, 3.63) is 50.2 Å². The summed E-state index contributed by atoms with van der Waals surface area (Å²) in [6.45, 7) is 2.96. The van der Waals surface area contributed by atoms with E-state index < -0.39 is 0 Å². The summed E-state index contributed by atoms with van der Waals surface area (Å²) in [5.41, 5.74) is 3.72. The van der Waals surface area contributed by atoms with Gasteiger partial charge in [-0.3, -0.25) is 0 Å². The molecule has 1 aliphatic rings. The van der Waals surface area contributed by atoms with Gasteiger partial charge in [-0.25, -0.2) is 9.97 Å². The number of nitrogens with one attached hydrogen (secondary N) is 2. The molecule has 0 aliphatic carbocycles. The second-order valence-electron chi connectivity index (χ2n) is 8.28. The number of rotatable bonds is 7. The Labute approximate surface area is 216 Å². The molecule has 0 atom stereocenters. The molecule has 0 saturated carbocycles. The molecule has 1 aliphatic heterocycles. The van der Waals surface area contributed by atoms with Crippen molar-refractivity contribution in [3.63, 3.8) is 0 Å². The van der Waals surface area contributed by atoms with Gasteiger partial charge in [0, 0.05) is 18.2 Å². The van der Waals surface area contributed by atoms with Crippen LogP contribution in [0.3, 0.4) is 0 Å². The Morgan fingerprint density at radius 1 is 0.879 bits per heavy atom. The molecular weight excluding hydrogens is 520 g/mol. The van der Waals surface area contributed by atoms with Crippen molar-refractivity contribution in [1.82, 2.24) is 24.8 Å². The number of unbranched alkanes of at least 4 members (excludes halogenated alkanes) is 1. The molecule has 4 aromatic rings. The number of halogens is 4. The van der Waals surface area contributed by atoms with E-state index in [1.54, 1.807) is 17.8 Å². The number of aromatic nitrogens is 4. The van der Waals surface area contributed by atoms with E-state index in [0.29, 0.717) is 26.0 Å². The second-order valence-corrected chi connectivity index (χ2v) is 11.0. The Balaban J connectivity index is 1.26. The molecule has 2 aromatic heterocycles. The average Bonchev–Trinajstić information content (AvgIpc) is 3.35. The number of piperidine rings is 1. The third-order valence-electron chi connectivity index (χ3n) is 6.04. The lowest BCUT2D eigenvalue weighted by molar-refractivity contribution is 0.430. The van der Waals surface area contributed by atoms with E-state index in [-0.39, 0.29) is 0 Å². The maximum Gasteiger partial charge on any atom is 0.166 e. The minimum Gasteiger partial charge on any atom is -0.333 e. The van der Waals surface area contributed by atoms with Crippen LogP contribution in [0.1, 0.15) is 37.4 Å². The van der Waals surface area contributed by atoms with Crippen LogP contribution in [0.5, 0.6) is 0 Å². The SMILES string of the molecule is Clc1cc2nc(SCCCCn3c(C4CCNCC4)nc4cc(Cl)c(Cl)cc43)[nH]c2cc1Cl. The third-order valence-corrected chi connectivity index (χ3v) is 8.45. The molecule has 2 N–H and O–H groups in total. The molecule has 1 fully saturated rings. The van der Waals surface area contributed by atoms with Gasteiger partial charge in [-0.15, -0.1) is 0 Å². The first-order valence-corrected chi connectivity index (χ1v) is 13.5. The molecule has 0 bridgehead atoms. The van der Waals surface area contributed by atoms with Crippen molar-refractivity contribution in [2.45, 2.75) is 43.3 Å². The predicted octanol–water partition coefficient (Wildman–Crippen LogP) is 7.57. The number of hydrogen-bond acceptors (Lipinski definition) is 4. The van der Waals surface area contributed by atoms with Crippen molar-refractivity contribution in [3.8, 4) is 0 Å². The van der Waals surface area contributed by atoms with Crippen molar-refractivity contribution in [2.24, 2.45) is 0 Å². The van der Waals surface area contributed by atoms with Crippen molar-refractivity contribution in [2.75, 3.05) is 18.8 Å². The van der Waals surface area contributed by atoms with Gasteiger partial charge in [0.25, 0.3) is 0 Å². The average molecular weight is 543 g/mol. The van der Waals surface area contributed by atoms with Gasteiger partial charge in [-0.1, -0.05) is 58.2 Å². The number of nitrogens with zero attached hydrogens (tertiary/aromatic N) is 3. The molecule has 2 aromatic carbocycles. The van der Waals surface area contributed by atoms with Crippen LogP contribution in [0.2, 0.25) is 20.1 Å². The van der Waals surface area contributed by atoms with Crippen LogP contribution in [-0.4, -0.2) is 38.4 Å². The Morgan fingerprint density at radius 3 is 2.36 bits per heavy atom. The van der Waals surface area contributed by atoms with Crippen molar-refractivity contribution in [1.29, 1.82) is 0 Å². The standard InChI is InChI=1S/C23H23Cl4N5S/c24-14-9-18-19(10-15(14)25)31-23(30-18)33-8-2-1-7-32-21-12-17(27)16(26)11-20(21)29-22(32)13-3-5-28-6-4-13/h9-13,28H,1-8H2,(H,30,31). The van der Waals surface area contributed by atoms with E-state index in [1.807, 2.05) is 18.2 Å². The van der Waals surface area contributed by atoms with Gasteiger partial charge in [-0.2, -0.15) is 0 Å². The van der Waals surface area contributed by atoms with E-state index >= 15 is 0 Å². The van der Waals surface area contributed by atoms with Crippen LogP contribution >= 0.6 is 58.2 Å². The maximum atomic E-state index is 6.35. The summed E-state index contributed by atoms with van der Waals surface area (Å²) in [5, 5.41) is 6.50. The third kappa shape index (κ3) is 5.12. The van der Waals surface area contributed by atoms with E-state index in [1.165, 1.54) is 0 Å². The first-order chi connectivity index (χ1) is 16.0. The summed E-state index contributed by atoms with van der Waals surface area (Å²) in [7, 11) is 0. The Hall–Kier alpha value is -1.15. The van der Waals surface area contributed by atoms with Gasteiger partial charge in [0.2, 0.25) is 0 Å². The van der Waals surface area contributed by atoms with Gasteiger partial charge >= 0.3 is 0 Å². The largest absolute Gasteiger partial charge is 0.333 e. The Kier molecular flexibility index (Phi) is 7.31. The lowest BCUT2D eigenvalue weighted by Gasteiger charge is -2.23. The number of benzene rings is 2. The van der Waals surface area contributed by atoms with Gasteiger partial charge in [0.1, 0.15) is 5.82 Å². The Bertz CT molecular complexity index is 1260. The number of thioether (sulfide) groups is 1. The first-order valence-electron chi connectivity index (χ1n) is 11.0. The number of aromatic amines is 1. The highest BCUT2D eigenvalue weighted by Crippen LogP contribution is 2.33. The molecule has 174 valence electrons. The minimum atomic E-state index is 0.458. The monoisotopic (exact) mass is 541 g/mol. The second kappa shape index (κ2) is 10.2. The lowest BCUT2D eigenvalue weighted by Crippen LogP contribution is -2.28. The number of aryl methyl sites for hydroxylation is 1. The van der Waals surface area contributed by atoms with Crippen LogP contribution < -0.4 is 5.32 Å². The smallest absolute Gasteiger partial charge is 0.166 e. The fraction of sp³-hybridized carbons (Fsp3) is 0.391. The van der Waals surface area contributed by atoms with Crippen LogP contribution in [0, 0.1) is 0 Å². The Morgan fingerprint density at radius 2 is 1.58 bits per heavy atom. The van der Waals surface area contributed by atoms with E-state index in [9.17, 15) is 0 Å². The summed E-state index contributed by atoms with van der Waals surface area (Å²) in [5.74, 6) is 2.58. The highest BCUT2D eigenvalue weighted by atomic mass is 35.5. The van der Waals surface area contributed by atoms with E-state index in [0.717, 1.165) is 84.1 Å². The quantitative estimate of drug-likeness (QED) is 0.187. The number of imidazole rings is 2. The molecule has 3 heterocycles. The van der Waals surface area contributed by atoms with Gasteiger partial charge in [-0.05, 0) is 63.0 Å². The number of hydrogen-bond donors (Lipinski definition) is 2. The van der Waals surface area contributed by atoms with Gasteiger partial charge in [0.05, 0.1) is 42.2 Å². The molecule has 0 spiro atoms. The molecule has 5 nitrogen and oxygen atoms in total. The van der Waals surface area contributed by atoms with Crippen LogP contribution in [0.15, 0.2) is 29.4 Å². The zero-order valence-corrected chi connectivity index (χ0v) is 21.6. The molecule has 1 saturated heterocycles. The predicted molar refractivity (Wildman–Crippen MR) is 141 cm³/mol. The number of H-pyrrole nitrogens is 1. The lowest BCUT2D eigenvalue weighted by atomic mass is 9.97. The zero-order valence-electron chi connectivity index (χ0n) is 17.8. The zero-order chi connectivity index (χ0) is 22.9. The van der Waals surface area contributed by atoms with Gasteiger partial charge in [0.15, 0.2) is 5.16 Å². The van der Waals surface area contributed by atoms with Crippen LogP contribution in [0.4, 0.5) is 0 Å².